The summed E-state index contributed by atoms with van der Waals surface area (Å²) < 4.78 is 25.9. The van der Waals surface area contributed by atoms with Crippen LogP contribution in [-0.2, 0) is 0 Å². The smallest absolute Gasteiger partial charge is 0.194 e. The number of nitrogens with zero attached hydrogens (tertiary/aromatic N) is 1. The number of aromatic nitrogens is 1. The average Bonchev–Trinajstić information content (AvgIpc) is 2.27. The van der Waals surface area contributed by atoms with Crippen LogP contribution in [0.25, 0.3) is 0 Å². The standard InChI is InChI=1S/C12H6ClF2NO/c13-11-6-16-2-1-10(11)12(17)7-3-8(14)5-9(15)4-7/h1-6H. The molecule has 0 amide bonds. The largest absolute Gasteiger partial charge is 0.289 e. The van der Waals surface area contributed by atoms with Crippen LogP contribution in [0.3, 0.4) is 0 Å². The van der Waals surface area contributed by atoms with Gasteiger partial charge in [-0.15, -0.1) is 0 Å². The zero-order valence-electron chi connectivity index (χ0n) is 8.45. The number of benzene rings is 1. The lowest BCUT2D eigenvalue weighted by molar-refractivity contribution is 0.103. The number of ketones is 1. The number of carbonyl (C=O) groups is 1. The van der Waals surface area contributed by atoms with Crippen LogP contribution in [0.5, 0.6) is 0 Å². The van der Waals surface area contributed by atoms with Crippen LogP contribution in [0.4, 0.5) is 8.78 Å². The van der Waals surface area contributed by atoms with E-state index in [1.165, 1.54) is 18.5 Å². The molecule has 0 fully saturated rings. The lowest BCUT2D eigenvalue weighted by Gasteiger charge is -2.03. The van der Waals surface area contributed by atoms with E-state index in [-0.39, 0.29) is 16.1 Å². The molecular formula is C12H6ClF2NO. The van der Waals surface area contributed by atoms with Gasteiger partial charge in [-0.25, -0.2) is 8.78 Å². The van der Waals surface area contributed by atoms with E-state index in [2.05, 4.69) is 4.98 Å². The Morgan fingerprint density at radius 1 is 1.18 bits per heavy atom. The van der Waals surface area contributed by atoms with Gasteiger partial charge in [-0.05, 0) is 18.2 Å². The Labute approximate surface area is 101 Å². The summed E-state index contributed by atoms with van der Waals surface area (Å²) in [6.07, 6.45) is 2.68. The molecular weight excluding hydrogens is 248 g/mol. The molecule has 2 aromatic rings. The average molecular weight is 254 g/mol. The van der Waals surface area contributed by atoms with Gasteiger partial charge < -0.3 is 0 Å². The van der Waals surface area contributed by atoms with E-state index in [0.717, 1.165) is 12.1 Å². The van der Waals surface area contributed by atoms with Crippen molar-refractivity contribution in [2.45, 2.75) is 0 Å². The van der Waals surface area contributed by atoms with Gasteiger partial charge in [0.15, 0.2) is 5.78 Å². The first-order valence-corrected chi connectivity index (χ1v) is 5.06. The molecule has 2 nitrogen and oxygen atoms in total. The van der Waals surface area contributed by atoms with Crippen molar-refractivity contribution in [2.24, 2.45) is 0 Å². The molecule has 1 heterocycles. The molecule has 86 valence electrons. The van der Waals surface area contributed by atoms with Crippen LogP contribution in [0, 0.1) is 11.6 Å². The molecule has 1 aromatic carbocycles. The van der Waals surface area contributed by atoms with Crippen LogP contribution in [-0.4, -0.2) is 10.8 Å². The van der Waals surface area contributed by atoms with Crippen molar-refractivity contribution >= 4 is 17.4 Å². The number of carbonyl (C=O) groups excluding carboxylic acids is 1. The summed E-state index contributed by atoms with van der Waals surface area (Å²) in [5.74, 6) is -2.16. The molecule has 0 atom stereocenters. The Bertz CT molecular complexity index is 566. The fraction of sp³-hybridized carbons (Fsp3) is 0. The Balaban J connectivity index is 2.48. The maximum Gasteiger partial charge on any atom is 0.194 e. The van der Waals surface area contributed by atoms with E-state index in [1.807, 2.05) is 0 Å². The van der Waals surface area contributed by atoms with Crippen LogP contribution >= 0.6 is 11.6 Å². The van der Waals surface area contributed by atoms with E-state index in [9.17, 15) is 13.6 Å². The second-order valence-corrected chi connectivity index (χ2v) is 3.75. The zero-order valence-corrected chi connectivity index (χ0v) is 9.21. The van der Waals surface area contributed by atoms with Crippen molar-refractivity contribution < 1.29 is 13.6 Å². The summed E-state index contributed by atoms with van der Waals surface area (Å²) >= 11 is 5.78. The molecule has 0 aliphatic heterocycles. The Kier molecular flexibility index (Phi) is 3.15. The minimum absolute atomic E-state index is 0.0874. The molecule has 0 spiro atoms. The third-order valence-corrected chi connectivity index (χ3v) is 2.44. The molecule has 1 aromatic heterocycles. The van der Waals surface area contributed by atoms with Gasteiger partial charge in [0.25, 0.3) is 0 Å². The molecule has 5 heteroatoms. The maximum absolute atomic E-state index is 13.0. The predicted octanol–water partition coefficient (Wildman–Crippen LogP) is 3.24. The highest BCUT2D eigenvalue weighted by Crippen LogP contribution is 2.19. The first-order chi connectivity index (χ1) is 8.08. The van der Waals surface area contributed by atoms with Crippen LogP contribution < -0.4 is 0 Å². The SMILES string of the molecule is O=C(c1cc(F)cc(F)c1)c1ccncc1Cl. The van der Waals surface area contributed by atoms with Gasteiger partial charge in [0.2, 0.25) is 0 Å². The monoisotopic (exact) mass is 253 g/mol. The number of halogens is 3. The van der Waals surface area contributed by atoms with E-state index in [0.29, 0.717) is 6.07 Å². The fourth-order valence-electron chi connectivity index (χ4n) is 1.40. The topological polar surface area (TPSA) is 30.0 Å². The highest BCUT2D eigenvalue weighted by molar-refractivity contribution is 6.34. The van der Waals surface area contributed by atoms with Gasteiger partial charge in [0.1, 0.15) is 11.6 Å². The summed E-state index contributed by atoms with van der Waals surface area (Å²) in [4.78, 5) is 15.6. The summed E-state index contributed by atoms with van der Waals surface area (Å²) in [7, 11) is 0. The highest BCUT2D eigenvalue weighted by atomic mass is 35.5. The summed E-state index contributed by atoms with van der Waals surface area (Å²) in [5, 5.41) is 0.141. The molecule has 0 aliphatic rings. The molecule has 17 heavy (non-hydrogen) atoms. The van der Waals surface area contributed by atoms with Crippen LogP contribution in [0.1, 0.15) is 15.9 Å². The Morgan fingerprint density at radius 3 is 2.41 bits per heavy atom. The lowest BCUT2D eigenvalue weighted by Crippen LogP contribution is -2.03. The Morgan fingerprint density at radius 2 is 1.82 bits per heavy atom. The summed E-state index contributed by atoms with van der Waals surface area (Å²) in [6.45, 7) is 0. The van der Waals surface area contributed by atoms with Gasteiger partial charge in [-0.2, -0.15) is 0 Å². The third kappa shape index (κ3) is 2.47. The van der Waals surface area contributed by atoms with Gasteiger partial charge in [-0.3, -0.25) is 9.78 Å². The van der Waals surface area contributed by atoms with Crippen molar-refractivity contribution in [3.05, 3.63) is 64.4 Å². The molecule has 0 radical (unpaired) electrons. The molecule has 0 bridgehead atoms. The van der Waals surface area contributed by atoms with E-state index in [4.69, 9.17) is 11.6 Å². The van der Waals surface area contributed by atoms with Crippen molar-refractivity contribution in [2.75, 3.05) is 0 Å². The molecule has 2 rings (SSSR count). The second-order valence-electron chi connectivity index (χ2n) is 3.34. The third-order valence-electron chi connectivity index (χ3n) is 2.14. The number of hydrogen-bond acceptors (Lipinski definition) is 2. The molecule has 0 saturated carbocycles. The zero-order chi connectivity index (χ0) is 12.4. The first kappa shape index (κ1) is 11.7. The lowest BCUT2D eigenvalue weighted by atomic mass is 10.0. The predicted molar refractivity (Wildman–Crippen MR) is 59.0 cm³/mol. The van der Waals surface area contributed by atoms with Crippen molar-refractivity contribution in [1.82, 2.24) is 4.98 Å². The van der Waals surface area contributed by atoms with Crippen LogP contribution in [0.2, 0.25) is 5.02 Å². The van der Waals surface area contributed by atoms with E-state index < -0.39 is 17.4 Å². The number of rotatable bonds is 2. The number of pyridine rings is 1. The molecule has 0 saturated heterocycles. The van der Waals surface area contributed by atoms with Crippen molar-refractivity contribution in [1.29, 1.82) is 0 Å². The number of hydrogen-bond donors (Lipinski definition) is 0. The normalized spacial score (nSPS) is 10.3. The van der Waals surface area contributed by atoms with Crippen LogP contribution in [0.15, 0.2) is 36.7 Å². The highest BCUT2D eigenvalue weighted by Gasteiger charge is 2.14. The molecule has 0 unspecified atom stereocenters. The van der Waals surface area contributed by atoms with Gasteiger partial charge in [0, 0.05) is 29.6 Å². The first-order valence-electron chi connectivity index (χ1n) is 4.68. The van der Waals surface area contributed by atoms with E-state index >= 15 is 0 Å². The van der Waals surface area contributed by atoms with Gasteiger partial charge in [0.05, 0.1) is 5.02 Å². The quantitative estimate of drug-likeness (QED) is 0.769. The van der Waals surface area contributed by atoms with E-state index in [1.54, 1.807) is 0 Å². The molecule has 0 N–H and O–H groups in total. The van der Waals surface area contributed by atoms with Crippen molar-refractivity contribution in [3.63, 3.8) is 0 Å². The summed E-state index contributed by atoms with van der Waals surface area (Å²) in [5.41, 5.74) is 0.0715. The van der Waals surface area contributed by atoms with Crippen molar-refractivity contribution in [3.8, 4) is 0 Å². The maximum atomic E-state index is 13.0. The second kappa shape index (κ2) is 4.59. The Hall–Kier alpha value is -1.81. The van der Waals surface area contributed by atoms with Gasteiger partial charge >= 0.3 is 0 Å². The fourth-order valence-corrected chi connectivity index (χ4v) is 1.60. The summed E-state index contributed by atoms with van der Waals surface area (Å²) in [6, 6.07) is 4.02. The minimum Gasteiger partial charge on any atom is -0.289 e. The minimum atomic E-state index is -0.807. The molecule has 0 aliphatic carbocycles. The van der Waals surface area contributed by atoms with Gasteiger partial charge in [-0.1, -0.05) is 11.6 Å².